The maximum Gasteiger partial charge on any atom is 0.233 e. The number of carbonyl (C=O) groups is 2. The average Bonchev–Trinajstić information content (AvgIpc) is 3.38. The largest absolute Gasteiger partial charge is 0.356 e. The van der Waals surface area contributed by atoms with E-state index >= 15 is 0 Å². The summed E-state index contributed by atoms with van der Waals surface area (Å²) in [5, 5.41) is 6.74. The van der Waals surface area contributed by atoms with Crippen molar-refractivity contribution in [2.45, 2.75) is 25.7 Å². The van der Waals surface area contributed by atoms with E-state index in [1.807, 2.05) is 0 Å². The summed E-state index contributed by atoms with van der Waals surface area (Å²) in [6.45, 7) is 4.47. The number of hydrogen-bond donors (Lipinski definition) is 2. The van der Waals surface area contributed by atoms with Gasteiger partial charge in [0.2, 0.25) is 11.8 Å². The van der Waals surface area contributed by atoms with E-state index in [2.05, 4.69) is 39.7 Å². The second-order valence-corrected chi connectivity index (χ2v) is 8.81. The first kappa shape index (κ1) is 22.5. The van der Waals surface area contributed by atoms with Crippen molar-refractivity contribution >= 4 is 41.8 Å². The fourth-order valence-corrected chi connectivity index (χ4v) is 5.36. The molecule has 2 saturated heterocycles. The molecule has 4 rings (SSSR count). The summed E-state index contributed by atoms with van der Waals surface area (Å²) in [5.74, 6) is 2.01. The van der Waals surface area contributed by atoms with Crippen LogP contribution in [0, 0.1) is 29.6 Å². The van der Waals surface area contributed by atoms with Crippen LogP contribution < -0.4 is 10.6 Å². The van der Waals surface area contributed by atoms with E-state index in [4.69, 9.17) is 0 Å². The van der Waals surface area contributed by atoms with Crippen LogP contribution in [-0.2, 0) is 9.59 Å². The number of imide groups is 1. The first-order valence-corrected chi connectivity index (χ1v) is 10.7. The molecule has 2 aliphatic carbocycles. The van der Waals surface area contributed by atoms with Gasteiger partial charge in [-0.25, -0.2) is 0 Å². The number of fused-ring (bicyclic) bond motifs is 5. The second kappa shape index (κ2) is 9.76. The van der Waals surface area contributed by atoms with Crippen LogP contribution >= 0.6 is 24.0 Å². The minimum atomic E-state index is -0.0839. The van der Waals surface area contributed by atoms with Crippen LogP contribution in [0.2, 0.25) is 0 Å². The molecule has 162 valence electrons. The number of halogens is 1. The van der Waals surface area contributed by atoms with Gasteiger partial charge < -0.3 is 15.5 Å². The monoisotopic (exact) mass is 515 g/mol. The fraction of sp³-hybridized carbons (Fsp3) is 0.762. The molecule has 3 fully saturated rings. The van der Waals surface area contributed by atoms with Crippen molar-refractivity contribution < 1.29 is 9.59 Å². The number of piperidine rings is 1. The van der Waals surface area contributed by atoms with Crippen LogP contribution in [-0.4, -0.2) is 74.4 Å². The SMILES string of the molecule is CN=C(NCCCN1C(=O)C2C3C=CC(C3)C2C1=O)NCC1CCN(C)CC1.I. The van der Waals surface area contributed by atoms with Crippen LogP contribution in [0.3, 0.4) is 0 Å². The van der Waals surface area contributed by atoms with Gasteiger partial charge in [0.15, 0.2) is 5.96 Å². The number of nitrogens with one attached hydrogen (secondary N) is 2. The van der Waals surface area contributed by atoms with Crippen molar-refractivity contribution in [2.75, 3.05) is 46.8 Å². The third kappa shape index (κ3) is 4.62. The van der Waals surface area contributed by atoms with Crippen LogP contribution in [0.15, 0.2) is 17.1 Å². The molecule has 2 N–H and O–H groups in total. The highest BCUT2D eigenvalue weighted by Crippen LogP contribution is 2.52. The Bertz CT molecular complexity index is 644. The number of rotatable bonds is 6. The molecule has 4 aliphatic rings. The third-order valence-electron chi connectivity index (χ3n) is 7.03. The fourth-order valence-electron chi connectivity index (χ4n) is 5.36. The number of carbonyl (C=O) groups excluding carboxylic acids is 2. The molecule has 29 heavy (non-hydrogen) atoms. The number of nitrogens with zero attached hydrogens (tertiary/aromatic N) is 3. The Morgan fingerprint density at radius 2 is 1.72 bits per heavy atom. The molecule has 4 atom stereocenters. The van der Waals surface area contributed by atoms with Crippen molar-refractivity contribution in [1.82, 2.24) is 20.4 Å². The predicted octanol–water partition coefficient (Wildman–Crippen LogP) is 1.31. The number of aliphatic imine (C=N–C) groups is 1. The zero-order chi connectivity index (χ0) is 19.7. The Balaban J connectivity index is 0.00000240. The molecule has 2 aliphatic heterocycles. The van der Waals surface area contributed by atoms with Gasteiger partial charge in [0.1, 0.15) is 0 Å². The lowest BCUT2D eigenvalue weighted by atomic mass is 9.85. The first-order valence-electron chi connectivity index (χ1n) is 10.7. The summed E-state index contributed by atoms with van der Waals surface area (Å²) in [4.78, 5) is 33.5. The Kier molecular flexibility index (Phi) is 7.58. The predicted molar refractivity (Wildman–Crippen MR) is 124 cm³/mol. The number of hydrogen-bond acceptors (Lipinski definition) is 4. The first-order chi connectivity index (χ1) is 13.6. The highest BCUT2D eigenvalue weighted by molar-refractivity contribution is 14.0. The standard InChI is InChI=1S/C21H33N5O2.HI/c1-22-21(24-13-14-6-10-25(2)11-7-14)23-8-3-9-26-19(27)17-15-4-5-16(12-15)18(17)20(26)28;/h4-5,14-18H,3,6-13H2,1-2H3,(H2,22,23,24);1H. The van der Waals surface area contributed by atoms with E-state index in [1.54, 1.807) is 7.05 Å². The van der Waals surface area contributed by atoms with Crippen LogP contribution in [0.5, 0.6) is 0 Å². The van der Waals surface area contributed by atoms with Gasteiger partial charge >= 0.3 is 0 Å². The molecule has 2 bridgehead atoms. The molecule has 2 heterocycles. The zero-order valence-electron chi connectivity index (χ0n) is 17.5. The molecule has 0 aromatic heterocycles. The normalized spacial score (nSPS) is 31.9. The molecule has 8 heteroatoms. The molecular weight excluding hydrogens is 481 g/mol. The lowest BCUT2D eigenvalue weighted by molar-refractivity contribution is -0.140. The number of allylic oxidation sites excluding steroid dienone is 2. The summed E-state index contributed by atoms with van der Waals surface area (Å²) in [5.41, 5.74) is 0. The summed E-state index contributed by atoms with van der Waals surface area (Å²) < 4.78 is 0. The van der Waals surface area contributed by atoms with E-state index in [0.717, 1.165) is 38.4 Å². The van der Waals surface area contributed by atoms with Gasteiger partial charge in [0.05, 0.1) is 11.8 Å². The maximum absolute atomic E-state index is 12.7. The Morgan fingerprint density at radius 1 is 1.10 bits per heavy atom. The summed E-state index contributed by atoms with van der Waals surface area (Å²) in [6, 6.07) is 0. The van der Waals surface area contributed by atoms with E-state index in [-0.39, 0.29) is 59.5 Å². The Labute approximate surface area is 190 Å². The number of amides is 2. The van der Waals surface area contributed by atoms with Gasteiger partial charge in [-0.1, -0.05) is 12.2 Å². The van der Waals surface area contributed by atoms with Gasteiger partial charge in [0.25, 0.3) is 0 Å². The van der Waals surface area contributed by atoms with Crippen molar-refractivity contribution in [1.29, 1.82) is 0 Å². The van der Waals surface area contributed by atoms with Crippen molar-refractivity contribution in [2.24, 2.45) is 34.6 Å². The quantitative estimate of drug-likeness (QED) is 0.139. The van der Waals surface area contributed by atoms with Crippen molar-refractivity contribution in [3.8, 4) is 0 Å². The molecular formula is C21H34IN5O2. The molecule has 7 nitrogen and oxygen atoms in total. The molecule has 0 aromatic carbocycles. The van der Waals surface area contributed by atoms with Gasteiger partial charge in [-0.15, -0.1) is 24.0 Å². The molecule has 2 amide bonds. The van der Waals surface area contributed by atoms with E-state index in [1.165, 1.54) is 17.7 Å². The number of guanidine groups is 1. The van der Waals surface area contributed by atoms with E-state index < -0.39 is 0 Å². The molecule has 1 saturated carbocycles. The highest BCUT2D eigenvalue weighted by Gasteiger charge is 2.58. The average molecular weight is 515 g/mol. The van der Waals surface area contributed by atoms with Gasteiger partial charge in [-0.2, -0.15) is 0 Å². The molecule has 0 radical (unpaired) electrons. The van der Waals surface area contributed by atoms with E-state index in [9.17, 15) is 9.59 Å². The van der Waals surface area contributed by atoms with Crippen LogP contribution in [0.4, 0.5) is 0 Å². The lowest BCUT2D eigenvalue weighted by Gasteiger charge is -2.29. The third-order valence-corrected chi connectivity index (χ3v) is 7.03. The number of likely N-dealkylation sites (tertiary alicyclic amines) is 2. The molecule has 0 spiro atoms. The van der Waals surface area contributed by atoms with Crippen molar-refractivity contribution in [3.63, 3.8) is 0 Å². The highest BCUT2D eigenvalue weighted by atomic mass is 127. The second-order valence-electron chi connectivity index (χ2n) is 8.81. The van der Waals surface area contributed by atoms with Gasteiger partial charge in [0, 0.05) is 26.7 Å². The Hall–Kier alpha value is -1.16. The summed E-state index contributed by atoms with van der Waals surface area (Å²) in [7, 11) is 3.95. The lowest BCUT2D eigenvalue weighted by Crippen LogP contribution is -2.43. The topological polar surface area (TPSA) is 77.0 Å². The van der Waals surface area contributed by atoms with Gasteiger partial charge in [-0.05, 0) is 63.6 Å². The zero-order valence-corrected chi connectivity index (χ0v) is 19.8. The van der Waals surface area contributed by atoms with Gasteiger partial charge in [-0.3, -0.25) is 19.5 Å². The summed E-state index contributed by atoms with van der Waals surface area (Å²) in [6.07, 6.45) is 8.46. The minimum Gasteiger partial charge on any atom is -0.356 e. The molecule has 4 unspecified atom stereocenters. The summed E-state index contributed by atoms with van der Waals surface area (Å²) >= 11 is 0. The maximum atomic E-state index is 12.7. The minimum absolute atomic E-state index is 0. The van der Waals surface area contributed by atoms with Crippen molar-refractivity contribution in [3.05, 3.63) is 12.2 Å². The smallest absolute Gasteiger partial charge is 0.233 e. The van der Waals surface area contributed by atoms with Crippen LogP contribution in [0.1, 0.15) is 25.7 Å². The Morgan fingerprint density at radius 3 is 2.31 bits per heavy atom. The van der Waals surface area contributed by atoms with E-state index in [0.29, 0.717) is 19.0 Å². The van der Waals surface area contributed by atoms with Crippen LogP contribution in [0.25, 0.3) is 0 Å². The molecule has 0 aromatic rings.